The number of oxime groups is 1. The van der Waals surface area contributed by atoms with Gasteiger partial charge >= 0.3 is 5.97 Å². The number of aryl methyl sites for hydroxylation is 2. The van der Waals surface area contributed by atoms with Crippen molar-refractivity contribution < 1.29 is 24.3 Å². The second kappa shape index (κ2) is 10.6. The van der Waals surface area contributed by atoms with E-state index in [-0.39, 0.29) is 30.9 Å². The highest BCUT2D eigenvalue weighted by Gasteiger charge is 2.20. The number of benzene rings is 3. The number of aromatic nitrogens is 1. The molecule has 0 aliphatic carbocycles. The summed E-state index contributed by atoms with van der Waals surface area (Å²) in [5.74, 6) is -0.986. The summed E-state index contributed by atoms with van der Waals surface area (Å²) in [7, 11) is 0. The van der Waals surface area contributed by atoms with Crippen molar-refractivity contribution in [3.63, 3.8) is 0 Å². The minimum atomic E-state index is -0.465. The third-order valence-electron chi connectivity index (χ3n) is 6.35. The van der Waals surface area contributed by atoms with Gasteiger partial charge in [-0.15, -0.1) is 0 Å². The number of carbonyl (C=O) groups excluding carboxylic acids is 3. The lowest BCUT2D eigenvalue weighted by Gasteiger charge is -2.06. The van der Waals surface area contributed by atoms with Crippen LogP contribution in [0.3, 0.4) is 0 Å². The van der Waals surface area contributed by atoms with Gasteiger partial charge in [-0.2, -0.15) is 0 Å². The van der Waals surface area contributed by atoms with Crippen LogP contribution in [0, 0.1) is 6.92 Å². The summed E-state index contributed by atoms with van der Waals surface area (Å²) in [5.41, 5.74) is 4.23. The third-order valence-corrected chi connectivity index (χ3v) is 6.35. The first-order valence-electron chi connectivity index (χ1n) is 12.0. The van der Waals surface area contributed by atoms with E-state index in [1.165, 1.54) is 0 Å². The number of carbonyl (C=O) groups is 3. The first-order valence-corrected chi connectivity index (χ1v) is 12.0. The molecule has 1 heterocycles. The Morgan fingerprint density at radius 3 is 2.14 bits per heavy atom. The Kier molecular flexibility index (Phi) is 7.29. The van der Waals surface area contributed by atoms with Gasteiger partial charge in [0.1, 0.15) is 5.71 Å². The molecule has 3 aromatic carbocycles. The summed E-state index contributed by atoms with van der Waals surface area (Å²) in [6, 6.07) is 18.4. The second-order valence-electron chi connectivity index (χ2n) is 8.53. The van der Waals surface area contributed by atoms with Gasteiger partial charge in [0.05, 0.1) is 13.0 Å². The number of fused-ring (bicyclic) bond motifs is 3. The molecule has 36 heavy (non-hydrogen) atoms. The molecule has 0 atom stereocenters. The van der Waals surface area contributed by atoms with Gasteiger partial charge < -0.3 is 14.5 Å². The molecule has 0 aliphatic rings. The highest BCUT2D eigenvalue weighted by Crippen LogP contribution is 2.32. The van der Waals surface area contributed by atoms with Crippen LogP contribution in [0.4, 0.5) is 0 Å². The number of nitrogens with zero attached hydrogens (tertiary/aromatic N) is 2. The second-order valence-corrected chi connectivity index (χ2v) is 8.53. The molecule has 1 N–H and O–H groups in total. The predicted molar refractivity (Wildman–Crippen MR) is 139 cm³/mol. The van der Waals surface area contributed by atoms with E-state index in [0.717, 1.165) is 27.4 Å². The van der Waals surface area contributed by atoms with Gasteiger partial charge in [0.15, 0.2) is 5.78 Å². The van der Waals surface area contributed by atoms with Crippen molar-refractivity contribution in [1.82, 2.24) is 4.57 Å². The van der Waals surface area contributed by atoms with Gasteiger partial charge in [0.2, 0.25) is 5.78 Å². The molecule has 1 aromatic heterocycles. The molecule has 0 bridgehead atoms. The van der Waals surface area contributed by atoms with Crippen LogP contribution in [0.25, 0.3) is 21.8 Å². The number of Topliss-reactive ketones (excluding diaryl/α,β-unsaturated/α-hetero) is 1. The normalized spacial score (nSPS) is 11.7. The highest BCUT2D eigenvalue weighted by molar-refractivity contribution is 6.46. The van der Waals surface area contributed by atoms with Crippen molar-refractivity contribution in [1.29, 1.82) is 0 Å². The maximum Gasteiger partial charge on any atom is 0.306 e. The van der Waals surface area contributed by atoms with Crippen molar-refractivity contribution in [3.05, 3.63) is 82.9 Å². The van der Waals surface area contributed by atoms with E-state index in [2.05, 4.69) is 9.72 Å². The number of hydrogen-bond donors (Lipinski definition) is 1. The molecular formula is C29H28N2O5. The van der Waals surface area contributed by atoms with E-state index in [9.17, 15) is 19.6 Å². The number of ether oxygens (including phenoxy) is 1. The fourth-order valence-electron chi connectivity index (χ4n) is 4.54. The van der Waals surface area contributed by atoms with Crippen LogP contribution in [0.5, 0.6) is 0 Å². The van der Waals surface area contributed by atoms with E-state index < -0.39 is 11.8 Å². The Morgan fingerprint density at radius 2 is 1.53 bits per heavy atom. The smallest absolute Gasteiger partial charge is 0.306 e. The number of rotatable bonds is 9. The average Bonchev–Trinajstić information content (AvgIpc) is 3.21. The molecule has 0 radical (unpaired) electrons. The fourth-order valence-corrected chi connectivity index (χ4v) is 4.54. The summed E-state index contributed by atoms with van der Waals surface area (Å²) >= 11 is 0. The first kappa shape index (κ1) is 24.9. The Labute approximate surface area is 209 Å². The molecule has 0 amide bonds. The Balaban J connectivity index is 1.76. The molecule has 0 spiro atoms. The van der Waals surface area contributed by atoms with Gasteiger partial charge in [-0.05, 0) is 62.7 Å². The topological polar surface area (TPSA) is 98.0 Å². The van der Waals surface area contributed by atoms with E-state index in [0.29, 0.717) is 23.2 Å². The molecule has 4 rings (SSSR count). The lowest BCUT2D eigenvalue weighted by Crippen LogP contribution is -2.17. The van der Waals surface area contributed by atoms with Crippen LogP contribution < -0.4 is 0 Å². The molecule has 0 aliphatic heterocycles. The number of hydrogen-bond acceptors (Lipinski definition) is 6. The maximum absolute atomic E-state index is 13.3. The van der Waals surface area contributed by atoms with Gasteiger partial charge in [-0.25, -0.2) is 0 Å². The zero-order valence-corrected chi connectivity index (χ0v) is 20.6. The molecular weight excluding hydrogens is 456 g/mol. The van der Waals surface area contributed by atoms with Crippen molar-refractivity contribution in [2.75, 3.05) is 6.61 Å². The van der Waals surface area contributed by atoms with Crippen molar-refractivity contribution in [3.8, 4) is 0 Å². The predicted octanol–water partition coefficient (Wildman–Crippen LogP) is 5.71. The standard InChI is InChI=1S/C29H28N2O5/c1-4-31-25-13-10-19(28(33)21-9-7-6-8-18(21)3)16-22(25)23-17-20(11-14-26(23)31)29(34)24(30-35)12-15-27(32)36-5-2/h6-11,13-14,16-17,35H,4-5,12,15H2,1-3H3/b30-24+. The zero-order valence-electron chi connectivity index (χ0n) is 20.6. The van der Waals surface area contributed by atoms with Crippen LogP contribution in [-0.4, -0.2) is 39.6 Å². The number of ketones is 2. The van der Waals surface area contributed by atoms with Gasteiger partial charge in [0, 0.05) is 51.5 Å². The molecule has 184 valence electrons. The Morgan fingerprint density at radius 1 is 0.889 bits per heavy atom. The molecule has 7 nitrogen and oxygen atoms in total. The Bertz CT molecular complexity index is 1510. The quantitative estimate of drug-likeness (QED) is 0.108. The van der Waals surface area contributed by atoms with Crippen molar-refractivity contribution >= 4 is 45.1 Å². The van der Waals surface area contributed by atoms with E-state index >= 15 is 0 Å². The average molecular weight is 485 g/mol. The van der Waals surface area contributed by atoms with E-state index in [1.54, 1.807) is 19.1 Å². The summed E-state index contributed by atoms with van der Waals surface area (Å²) in [6.45, 7) is 6.60. The third kappa shape index (κ3) is 4.64. The number of esters is 1. The fraction of sp³-hybridized carbons (Fsp3) is 0.241. The molecule has 0 saturated carbocycles. The van der Waals surface area contributed by atoms with Crippen molar-refractivity contribution in [2.24, 2.45) is 5.16 Å². The zero-order chi connectivity index (χ0) is 25.8. The van der Waals surface area contributed by atoms with Gasteiger partial charge in [-0.1, -0.05) is 29.4 Å². The highest BCUT2D eigenvalue weighted by atomic mass is 16.5. The van der Waals surface area contributed by atoms with Gasteiger partial charge in [0.25, 0.3) is 0 Å². The van der Waals surface area contributed by atoms with Crippen LogP contribution in [-0.2, 0) is 16.1 Å². The first-order chi connectivity index (χ1) is 17.4. The van der Waals surface area contributed by atoms with Crippen molar-refractivity contribution in [2.45, 2.75) is 40.2 Å². The minimum absolute atomic E-state index is 0.0298. The molecule has 7 heteroatoms. The SMILES string of the molecule is CCOC(=O)CC/C(=N\O)C(=O)c1ccc2c(c1)c1cc(C(=O)c3ccccc3C)ccc1n2CC. The summed E-state index contributed by atoms with van der Waals surface area (Å²) in [5, 5.41) is 14.3. The molecule has 0 fully saturated rings. The van der Waals surface area contributed by atoms with Gasteiger partial charge in [-0.3, -0.25) is 14.4 Å². The molecule has 4 aromatic rings. The monoisotopic (exact) mass is 484 g/mol. The van der Waals surface area contributed by atoms with Crippen LogP contribution in [0.15, 0.2) is 65.8 Å². The molecule has 0 unspecified atom stereocenters. The van der Waals surface area contributed by atoms with Crippen LogP contribution in [0.1, 0.15) is 58.5 Å². The lowest BCUT2D eigenvalue weighted by molar-refractivity contribution is -0.142. The summed E-state index contributed by atoms with van der Waals surface area (Å²) in [6.07, 6.45) is -0.0846. The van der Waals surface area contributed by atoms with Crippen LogP contribution >= 0.6 is 0 Å². The van der Waals surface area contributed by atoms with Crippen LogP contribution in [0.2, 0.25) is 0 Å². The Hall–Kier alpha value is -4.26. The van der Waals surface area contributed by atoms with E-state index in [1.807, 2.05) is 62.4 Å². The maximum atomic E-state index is 13.3. The minimum Gasteiger partial charge on any atom is -0.466 e. The van der Waals surface area contributed by atoms with E-state index in [4.69, 9.17) is 4.74 Å². The molecule has 0 saturated heterocycles. The summed E-state index contributed by atoms with van der Waals surface area (Å²) < 4.78 is 7.02. The lowest BCUT2D eigenvalue weighted by atomic mass is 9.97. The largest absolute Gasteiger partial charge is 0.466 e. The summed E-state index contributed by atoms with van der Waals surface area (Å²) in [4.78, 5) is 38.0.